The summed E-state index contributed by atoms with van der Waals surface area (Å²) in [5.41, 5.74) is 3.85. The molecule has 3 aromatic carbocycles. The molecule has 0 aliphatic heterocycles. The SMILES string of the molecule is CCOc1ccccc1NC(=O)CSc1nc2ccc(NC(=O)c3cccc(C)c3)cc2s1. The number of hydrogen-bond acceptors (Lipinski definition) is 6. The number of aromatic nitrogens is 1. The molecule has 33 heavy (non-hydrogen) atoms. The molecular formula is C25H23N3O3S2. The van der Waals surface area contributed by atoms with Crippen LogP contribution in [0.25, 0.3) is 10.2 Å². The summed E-state index contributed by atoms with van der Waals surface area (Å²) in [4.78, 5) is 29.5. The summed E-state index contributed by atoms with van der Waals surface area (Å²) in [5.74, 6) is 0.606. The second-order valence-corrected chi connectivity index (χ2v) is 9.51. The fourth-order valence-corrected chi connectivity index (χ4v) is 5.11. The van der Waals surface area contributed by atoms with Crippen LogP contribution in [0.2, 0.25) is 0 Å². The topological polar surface area (TPSA) is 80.3 Å². The summed E-state index contributed by atoms with van der Waals surface area (Å²) in [5, 5.41) is 5.83. The van der Waals surface area contributed by atoms with Crippen LogP contribution < -0.4 is 15.4 Å². The molecule has 168 valence electrons. The number of fused-ring (bicyclic) bond motifs is 1. The van der Waals surface area contributed by atoms with Crippen LogP contribution in [0.5, 0.6) is 5.75 Å². The Morgan fingerprint density at radius 1 is 1.03 bits per heavy atom. The molecule has 0 saturated carbocycles. The standard InChI is InChI=1S/C25H23N3O3S2/c1-3-31-21-10-5-4-9-19(21)27-23(29)15-32-25-28-20-12-11-18(14-22(20)33-25)26-24(30)17-8-6-7-16(2)13-17/h4-14H,3,15H2,1-2H3,(H,26,30)(H,27,29). The molecule has 0 radical (unpaired) electrons. The predicted molar refractivity (Wildman–Crippen MR) is 136 cm³/mol. The van der Waals surface area contributed by atoms with Crippen molar-refractivity contribution < 1.29 is 14.3 Å². The van der Waals surface area contributed by atoms with Crippen LogP contribution in [0.15, 0.2) is 71.1 Å². The molecule has 0 unspecified atom stereocenters. The maximum Gasteiger partial charge on any atom is 0.255 e. The average Bonchev–Trinajstić information content (AvgIpc) is 3.21. The van der Waals surface area contributed by atoms with Gasteiger partial charge in [-0.2, -0.15) is 0 Å². The van der Waals surface area contributed by atoms with Crippen molar-refractivity contribution in [3.8, 4) is 5.75 Å². The summed E-state index contributed by atoms with van der Waals surface area (Å²) in [6.07, 6.45) is 0. The lowest BCUT2D eigenvalue weighted by Crippen LogP contribution is -2.14. The van der Waals surface area contributed by atoms with Crippen LogP contribution in [0.1, 0.15) is 22.8 Å². The molecule has 4 rings (SSSR count). The molecule has 2 amide bonds. The summed E-state index contributed by atoms with van der Waals surface area (Å²) in [7, 11) is 0. The van der Waals surface area contributed by atoms with E-state index in [0.717, 1.165) is 20.1 Å². The fourth-order valence-electron chi connectivity index (χ4n) is 3.20. The number of rotatable bonds is 8. The summed E-state index contributed by atoms with van der Waals surface area (Å²) in [6, 6.07) is 20.5. The zero-order valence-electron chi connectivity index (χ0n) is 18.3. The molecule has 0 spiro atoms. The van der Waals surface area contributed by atoms with Gasteiger partial charge in [0.15, 0.2) is 4.34 Å². The van der Waals surface area contributed by atoms with E-state index in [4.69, 9.17) is 4.74 Å². The number of carbonyl (C=O) groups excluding carboxylic acids is 2. The van der Waals surface area contributed by atoms with Gasteiger partial charge in [0.05, 0.1) is 28.3 Å². The third kappa shape index (κ3) is 5.91. The Balaban J connectivity index is 1.38. The molecule has 0 aliphatic carbocycles. The number of thioether (sulfide) groups is 1. The van der Waals surface area contributed by atoms with Crippen LogP contribution >= 0.6 is 23.1 Å². The number of anilines is 2. The van der Waals surface area contributed by atoms with E-state index < -0.39 is 0 Å². The zero-order valence-corrected chi connectivity index (χ0v) is 19.9. The first-order valence-corrected chi connectivity index (χ1v) is 12.2. The minimum Gasteiger partial charge on any atom is -0.492 e. The number of carbonyl (C=O) groups is 2. The molecule has 0 atom stereocenters. The van der Waals surface area contributed by atoms with Crippen molar-refractivity contribution in [1.29, 1.82) is 0 Å². The van der Waals surface area contributed by atoms with E-state index in [0.29, 0.717) is 29.3 Å². The van der Waals surface area contributed by atoms with Crippen molar-refractivity contribution in [3.63, 3.8) is 0 Å². The van der Waals surface area contributed by atoms with Crippen molar-refractivity contribution >= 4 is 56.5 Å². The number of thiazole rings is 1. The highest BCUT2D eigenvalue weighted by Crippen LogP contribution is 2.32. The number of hydrogen-bond donors (Lipinski definition) is 2. The lowest BCUT2D eigenvalue weighted by Gasteiger charge is -2.10. The lowest BCUT2D eigenvalue weighted by atomic mass is 10.1. The number of ether oxygens (including phenoxy) is 1. The first-order valence-electron chi connectivity index (χ1n) is 10.4. The Bertz CT molecular complexity index is 1300. The second-order valence-electron chi connectivity index (χ2n) is 7.25. The molecule has 0 fully saturated rings. The summed E-state index contributed by atoms with van der Waals surface area (Å²) >= 11 is 2.87. The van der Waals surface area contributed by atoms with Gasteiger partial charge in [-0.3, -0.25) is 9.59 Å². The molecule has 0 saturated heterocycles. The van der Waals surface area contributed by atoms with Crippen LogP contribution in [0, 0.1) is 6.92 Å². The van der Waals surface area contributed by atoms with Gasteiger partial charge in [-0.1, -0.05) is 41.6 Å². The summed E-state index contributed by atoms with van der Waals surface area (Å²) < 4.78 is 7.29. The lowest BCUT2D eigenvalue weighted by molar-refractivity contribution is -0.113. The Hall–Kier alpha value is -3.36. The monoisotopic (exact) mass is 477 g/mol. The van der Waals surface area contributed by atoms with Crippen molar-refractivity contribution in [1.82, 2.24) is 4.98 Å². The van der Waals surface area contributed by atoms with Gasteiger partial charge in [0.2, 0.25) is 5.91 Å². The van der Waals surface area contributed by atoms with Gasteiger partial charge in [0.1, 0.15) is 5.75 Å². The van der Waals surface area contributed by atoms with E-state index in [9.17, 15) is 9.59 Å². The molecular weight excluding hydrogens is 454 g/mol. The zero-order chi connectivity index (χ0) is 23.2. The average molecular weight is 478 g/mol. The Morgan fingerprint density at radius 3 is 2.70 bits per heavy atom. The van der Waals surface area contributed by atoms with E-state index in [-0.39, 0.29) is 17.6 Å². The van der Waals surface area contributed by atoms with Crippen molar-refractivity contribution in [2.45, 2.75) is 18.2 Å². The van der Waals surface area contributed by atoms with Crippen LogP contribution in [0.3, 0.4) is 0 Å². The van der Waals surface area contributed by atoms with Crippen molar-refractivity contribution in [2.75, 3.05) is 23.0 Å². The van der Waals surface area contributed by atoms with Gasteiger partial charge < -0.3 is 15.4 Å². The van der Waals surface area contributed by atoms with E-state index in [1.54, 1.807) is 6.07 Å². The minimum absolute atomic E-state index is 0.127. The van der Waals surface area contributed by atoms with Gasteiger partial charge in [-0.15, -0.1) is 11.3 Å². The van der Waals surface area contributed by atoms with E-state index in [2.05, 4.69) is 15.6 Å². The molecule has 0 aliphatic rings. The smallest absolute Gasteiger partial charge is 0.255 e. The number of para-hydroxylation sites is 2. The molecule has 0 bridgehead atoms. The maximum atomic E-state index is 12.5. The number of nitrogens with one attached hydrogen (secondary N) is 2. The minimum atomic E-state index is -0.152. The maximum absolute atomic E-state index is 12.5. The highest BCUT2D eigenvalue weighted by molar-refractivity contribution is 8.01. The molecule has 6 nitrogen and oxygen atoms in total. The normalized spacial score (nSPS) is 10.7. The number of aryl methyl sites for hydroxylation is 1. The van der Waals surface area contributed by atoms with Crippen LogP contribution in [0.4, 0.5) is 11.4 Å². The first kappa shape index (κ1) is 22.8. The Kier molecular flexibility index (Phi) is 7.26. The molecule has 4 aromatic rings. The fraction of sp³-hybridized carbons (Fsp3) is 0.160. The van der Waals surface area contributed by atoms with Gasteiger partial charge in [-0.25, -0.2) is 4.98 Å². The third-order valence-electron chi connectivity index (χ3n) is 4.69. The Morgan fingerprint density at radius 2 is 1.88 bits per heavy atom. The van der Waals surface area contributed by atoms with Crippen LogP contribution in [-0.4, -0.2) is 29.2 Å². The highest BCUT2D eigenvalue weighted by atomic mass is 32.2. The van der Waals surface area contributed by atoms with E-state index >= 15 is 0 Å². The van der Waals surface area contributed by atoms with E-state index in [1.165, 1.54) is 23.1 Å². The molecule has 8 heteroatoms. The van der Waals surface area contributed by atoms with Crippen LogP contribution in [-0.2, 0) is 4.79 Å². The predicted octanol–water partition coefficient (Wildman–Crippen LogP) is 5.99. The van der Waals surface area contributed by atoms with Crippen molar-refractivity contribution in [2.24, 2.45) is 0 Å². The van der Waals surface area contributed by atoms with E-state index in [1.807, 2.05) is 74.5 Å². The number of benzene rings is 3. The number of amides is 2. The van der Waals surface area contributed by atoms with Gasteiger partial charge in [-0.05, 0) is 56.3 Å². The molecule has 1 aromatic heterocycles. The molecule has 1 heterocycles. The van der Waals surface area contributed by atoms with Gasteiger partial charge >= 0.3 is 0 Å². The molecule has 2 N–H and O–H groups in total. The Labute approximate surface area is 200 Å². The second kappa shape index (κ2) is 10.5. The van der Waals surface area contributed by atoms with Gasteiger partial charge in [0, 0.05) is 11.3 Å². The van der Waals surface area contributed by atoms with Gasteiger partial charge in [0.25, 0.3) is 5.91 Å². The first-order chi connectivity index (χ1) is 16.0. The highest BCUT2D eigenvalue weighted by Gasteiger charge is 2.12. The number of nitrogens with zero attached hydrogens (tertiary/aromatic N) is 1. The third-order valence-corrected chi connectivity index (χ3v) is 6.86. The quantitative estimate of drug-likeness (QED) is 0.305. The van der Waals surface area contributed by atoms with Crippen molar-refractivity contribution in [3.05, 3.63) is 77.9 Å². The summed E-state index contributed by atoms with van der Waals surface area (Å²) in [6.45, 7) is 4.39. The largest absolute Gasteiger partial charge is 0.492 e.